The van der Waals surface area contributed by atoms with Gasteiger partial charge in [-0.2, -0.15) is 0 Å². The van der Waals surface area contributed by atoms with Gasteiger partial charge in [-0.1, -0.05) is 11.6 Å². The normalized spacial score (nSPS) is 11.0. The summed E-state index contributed by atoms with van der Waals surface area (Å²) >= 11 is 11.5. The van der Waals surface area contributed by atoms with Crippen molar-refractivity contribution >= 4 is 34.2 Å². The van der Waals surface area contributed by atoms with Gasteiger partial charge in [-0.3, -0.25) is 0 Å². The van der Waals surface area contributed by atoms with E-state index in [-0.39, 0.29) is 5.75 Å². The minimum atomic E-state index is 0.108. The third-order valence-electron chi connectivity index (χ3n) is 3.09. The van der Waals surface area contributed by atoms with Gasteiger partial charge in [0.05, 0.1) is 11.3 Å². The monoisotopic (exact) mass is 322 g/mol. The van der Waals surface area contributed by atoms with Crippen molar-refractivity contribution in [1.82, 2.24) is 0 Å². The SMILES string of the molecule is Oc1c(-c2ccc(Cl)cc2)oc2cc(OCCCl)ccc12. The summed E-state index contributed by atoms with van der Waals surface area (Å²) in [6.45, 7) is 0.420. The fourth-order valence-corrected chi connectivity index (χ4v) is 2.31. The predicted molar refractivity (Wildman–Crippen MR) is 84.5 cm³/mol. The van der Waals surface area contributed by atoms with Crippen LogP contribution in [0.4, 0.5) is 0 Å². The Bertz CT molecular complexity index is 763. The molecule has 0 unspecified atom stereocenters. The molecule has 2 aromatic carbocycles. The molecule has 0 atom stereocenters. The highest BCUT2D eigenvalue weighted by atomic mass is 35.5. The fourth-order valence-electron chi connectivity index (χ4n) is 2.11. The summed E-state index contributed by atoms with van der Waals surface area (Å²) in [4.78, 5) is 0. The van der Waals surface area contributed by atoms with Gasteiger partial charge in [0, 0.05) is 16.7 Å². The van der Waals surface area contributed by atoms with Crippen LogP contribution in [0.3, 0.4) is 0 Å². The Morgan fingerprint density at radius 1 is 1.10 bits per heavy atom. The molecule has 3 rings (SSSR count). The maximum absolute atomic E-state index is 10.3. The number of rotatable bonds is 4. The highest BCUT2D eigenvalue weighted by Crippen LogP contribution is 2.40. The molecule has 0 saturated carbocycles. The summed E-state index contributed by atoms with van der Waals surface area (Å²) in [6, 6.07) is 12.4. The summed E-state index contributed by atoms with van der Waals surface area (Å²) in [5, 5.41) is 11.6. The van der Waals surface area contributed by atoms with E-state index in [4.69, 9.17) is 32.4 Å². The zero-order chi connectivity index (χ0) is 14.8. The van der Waals surface area contributed by atoms with Crippen LogP contribution in [-0.2, 0) is 0 Å². The van der Waals surface area contributed by atoms with Crippen LogP contribution in [-0.4, -0.2) is 17.6 Å². The second kappa shape index (κ2) is 5.88. The molecule has 0 aliphatic rings. The molecule has 0 amide bonds. The largest absolute Gasteiger partial charge is 0.504 e. The number of alkyl halides is 1. The minimum absolute atomic E-state index is 0.108. The molecule has 0 aliphatic carbocycles. The molecule has 1 aromatic heterocycles. The zero-order valence-electron chi connectivity index (χ0n) is 11.0. The third kappa shape index (κ3) is 2.80. The summed E-state index contributed by atoms with van der Waals surface area (Å²) in [6.07, 6.45) is 0. The topological polar surface area (TPSA) is 42.6 Å². The Labute approximate surface area is 131 Å². The van der Waals surface area contributed by atoms with Crippen LogP contribution < -0.4 is 4.74 Å². The van der Waals surface area contributed by atoms with Gasteiger partial charge in [-0.05, 0) is 36.4 Å². The molecule has 1 N–H and O–H groups in total. The number of hydrogen-bond acceptors (Lipinski definition) is 3. The van der Waals surface area contributed by atoms with Gasteiger partial charge in [-0.15, -0.1) is 11.6 Å². The lowest BCUT2D eigenvalue weighted by Gasteiger charge is -2.02. The van der Waals surface area contributed by atoms with Crippen LogP contribution in [0.5, 0.6) is 11.5 Å². The predicted octanol–water partition coefficient (Wildman–Crippen LogP) is 5.08. The van der Waals surface area contributed by atoms with Crippen LogP contribution in [0.15, 0.2) is 46.9 Å². The number of fused-ring (bicyclic) bond motifs is 1. The van der Waals surface area contributed by atoms with E-state index in [1.807, 2.05) is 0 Å². The molecule has 0 bridgehead atoms. The Kier molecular flexibility index (Phi) is 3.95. The number of halogens is 2. The second-order valence-electron chi connectivity index (χ2n) is 4.48. The molecule has 3 nitrogen and oxygen atoms in total. The van der Waals surface area contributed by atoms with Crippen molar-refractivity contribution in [3.63, 3.8) is 0 Å². The van der Waals surface area contributed by atoms with E-state index in [0.29, 0.717) is 40.0 Å². The second-order valence-corrected chi connectivity index (χ2v) is 5.30. The standard InChI is InChI=1S/C16H12Cl2O3/c17-7-8-20-12-5-6-13-14(9-12)21-16(15(13)19)10-1-3-11(18)4-2-10/h1-6,9,19H,7-8H2. The number of furan rings is 1. The Balaban J connectivity index is 2.04. The van der Waals surface area contributed by atoms with Gasteiger partial charge < -0.3 is 14.3 Å². The maximum atomic E-state index is 10.3. The first-order valence-corrected chi connectivity index (χ1v) is 7.30. The molecule has 0 fully saturated rings. The summed E-state index contributed by atoms with van der Waals surface area (Å²) in [5.41, 5.74) is 1.32. The van der Waals surface area contributed by atoms with E-state index in [1.54, 1.807) is 42.5 Å². The van der Waals surface area contributed by atoms with Gasteiger partial charge in [-0.25, -0.2) is 0 Å². The number of hydrogen-bond donors (Lipinski definition) is 1. The van der Waals surface area contributed by atoms with E-state index < -0.39 is 0 Å². The van der Waals surface area contributed by atoms with Crippen molar-refractivity contribution in [3.8, 4) is 22.8 Å². The van der Waals surface area contributed by atoms with Crippen LogP contribution >= 0.6 is 23.2 Å². The molecule has 0 saturated heterocycles. The first kappa shape index (κ1) is 14.1. The van der Waals surface area contributed by atoms with Crippen LogP contribution in [0, 0.1) is 0 Å². The Hall–Kier alpha value is -1.84. The van der Waals surface area contributed by atoms with Gasteiger partial charge in [0.25, 0.3) is 0 Å². The van der Waals surface area contributed by atoms with E-state index in [0.717, 1.165) is 5.56 Å². The summed E-state index contributed by atoms with van der Waals surface area (Å²) < 4.78 is 11.2. The molecule has 0 radical (unpaired) electrons. The zero-order valence-corrected chi connectivity index (χ0v) is 12.5. The molecular weight excluding hydrogens is 311 g/mol. The quantitative estimate of drug-likeness (QED) is 0.681. The van der Waals surface area contributed by atoms with Crippen molar-refractivity contribution in [3.05, 3.63) is 47.5 Å². The van der Waals surface area contributed by atoms with Crippen molar-refractivity contribution in [1.29, 1.82) is 0 Å². The number of ether oxygens (including phenoxy) is 1. The molecule has 3 aromatic rings. The van der Waals surface area contributed by atoms with E-state index in [9.17, 15) is 5.11 Å². The molecule has 108 valence electrons. The van der Waals surface area contributed by atoms with Gasteiger partial charge in [0.15, 0.2) is 11.5 Å². The third-order valence-corrected chi connectivity index (χ3v) is 3.49. The number of benzene rings is 2. The smallest absolute Gasteiger partial charge is 0.177 e. The average molecular weight is 323 g/mol. The maximum Gasteiger partial charge on any atom is 0.177 e. The lowest BCUT2D eigenvalue weighted by Crippen LogP contribution is -1.97. The van der Waals surface area contributed by atoms with Crippen LogP contribution in [0.25, 0.3) is 22.3 Å². The van der Waals surface area contributed by atoms with E-state index in [1.165, 1.54) is 0 Å². The van der Waals surface area contributed by atoms with E-state index in [2.05, 4.69) is 0 Å². The number of aromatic hydroxyl groups is 1. The van der Waals surface area contributed by atoms with Crippen molar-refractivity contribution in [2.45, 2.75) is 0 Å². The molecule has 1 heterocycles. The lowest BCUT2D eigenvalue weighted by atomic mass is 10.1. The van der Waals surface area contributed by atoms with Crippen molar-refractivity contribution in [2.24, 2.45) is 0 Å². The Morgan fingerprint density at radius 3 is 2.57 bits per heavy atom. The van der Waals surface area contributed by atoms with Gasteiger partial charge >= 0.3 is 0 Å². The molecule has 0 spiro atoms. The highest BCUT2D eigenvalue weighted by molar-refractivity contribution is 6.30. The van der Waals surface area contributed by atoms with Gasteiger partial charge in [0.1, 0.15) is 17.9 Å². The van der Waals surface area contributed by atoms with Crippen LogP contribution in [0.1, 0.15) is 0 Å². The van der Waals surface area contributed by atoms with Crippen molar-refractivity contribution < 1.29 is 14.3 Å². The molecule has 0 aliphatic heterocycles. The van der Waals surface area contributed by atoms with Crippen LogP contribution in [0.2, 0.25) is 5.02 Å². The minimum Gasteiger partial charge on any atom is -0.504 e. The van der Waals surface area contributed by atoms with Crippen molar-refractivity contribution in [2.75, 3.05) is 12.5 Å². The summed E-state index contributed by atoms with van der Waals surface area (Å²) in [5.74, 6) is 1.59. The fraction of sp³-hybridized carbons (Fsp3) is 0.125. The summed E-state index contributed by atoms with van der Waals surface area (Å²) in [7, 11) is 0. The molecule has 21 heavy (non-hydrogen) atoms. The highest BCUT2D eigenvalue weighted by Gasteiger charge is 2.15. The van der Waals surface area contributed by atoms with Gasteiger partial charge in [0.2, 0.25) is 0 Å². The van der Waals surface area contributed by atoms with E-state index >= 15 is 0 Å². The molecule has 5 heteroatoms. The molecular formula is C16H12Cl2O3. The average Bonchev–Trinajstić information content (AvgIpc) is 2.83. The Morgan fingerprint density at radius 2 is 1.86 bits per heavy atom. The lowest BCUT2D eigenvalue weighted by molar-refractivity contribution is 0.343. The first-order chi connectivity index (χ1) is 10.2. The first-order valence-electron chi connectivity index (χ1n) is 6.39.